The van der Waals surface area contributed by atoms with Crippen molar-refractivity contribution in [2.75, 3.05) is 13.7 Å². The van der Waals surface area contributed by atoms with E-state index in [0.29, 0.717) is 12.1 Å². The minimum atomic E-state index is -0.351. The van der Waals surface area contributed by atoms with Crippen molar-refractivity contribution in [3.63, 3.8) is 0 Å². The molecule has 0 unspecified atom stereocenters. The molecule has 25 heavy (non-hydrogen) atoms. The van der Waals surface area contributed by atoms with Crippen LogP contribution in [-0.2, 0) is 17.6 Å². The molecule has 3 aromatic rings. The third kappa shape index (κ3) is 3.03. The second kappa shape index (κ2) is 6.34. The van der Waals surface area contributed by atoms with E-state index < -0.39 is 0 Å². The number of hydrogen-bond donors (Lipinski definition) is 1. The molecule has 3 heteroatoms. The standard InChI is InChI=1S/C22H21NO2/c1-25-22(13-19-8-4-5-9-20(19)14-22)15-23-21(24)18-11-10-16-6-2-3-7-17(16)12-18/h2-12H,13-15H2,1H3,(H,23,24). The van der Waals surface area contributed by atoms with E-state index >= 15 is 0 Å². The molecule has 1 amide bonds. The van der Waals surface area contributed by atoms with Gasteiger partial charge in [0.15, 0.2) is 0 Å². The summed E-state index contributed by atoms with van der Waals surface area (Å²) in [5.41, 5.74) is 2.95. The van der Waals surface area contributed by atoms with Crippen molar-refractivity contribution in [2.24, 2.45) is 0 Å². The Kier molecular flexibility index (Phi) is 4.02. The maximum atomic E-state index is 12.6. The molecule has 0 atom stereocenters. The van der Waals surface area contributed by atoms with Crippen LogP contribution in [0.4, 0.5) is 0 Å². The fourth-order valence-electron chi connectivity index (χ4n) is 3.67. The molecule has 3 nitrogen and oxygen atoms in total. The van der Waals surface area contributed by atoms with Gasteiger partial charge in [0.05, 0.1) is 5.60 Å². The molecule has 1 aliphatic rings. The van der Waals surface area contributed by atoms with Crippen molar-refractivity contribution in [3.05, 3.63) is 83.4 Å². The molecule has 0 saturated carbocycles. The predicted molar refractivity (Wildman–Crippen MR) is 99.9 cm³/mol. The van der Waals surface area contributed by atoms with Gasteiger partial charge in [0, 0.05) is 32.1 Å². The second-order valence-corrected chi connectivity index (χ2v) is 6.75. The molecule has 0 saturated heterocycles. The number of fused-ring (bicyclic) bond motifs is 2. The summed E-state index contributed by atoms with van der Waals surface area (Å²) in [6.45, 7) is 0.504. The Labute approximate surface area is 147 Å². The van der Waals surface area contributed by atoms with Crippen molar-refractivity contribution >= 4 is 16.7 Å². The molecule has 0 aliphatic heterocycles. The van der Waals surface area contributed by atoms with E-state index in [0.717, 1.165) is 23.6 Å². The molecular weight excluding hydrogens is 310 g/mol. The summed E-state index contributed by atoms with van der Waals surface area (Å²) >= 11 is 0. The van der Waals surface area contributed by atoms with Crippen LogP contribution in [0.1, 0.15) is 21.5 Å². The maximum Gasteiger partial charge on any atom is 0.251 e. The first-order valence-corrected chi connectivity index (χ1v) is 8.58. The monoisotopic (exact) mass is 331 g/mol. The van der Waals surface area contributed by atoms with Gasteiger partial charge in [-0.1, -0.05) is 54.6 Å². The Balaban J connectivity index is 1.49. The number of methoxy groups -OCH3 is 1. The Morgan fingerprint density at radius 2 is 1.60 bits per heavy atom. The second-order valence-electron chi connectivity index (χ2n) is 6.75. The van der Waals surface area contributed by atoms with Gasteiger partial charge in [-0.2, -0.15) is 0 Å². The normalized spacial score (nSPS) is 15.1. The zero-order chi connectivity index (χ0) is 17.3. The lowest BCUT2D eigenvalue weighted by Crippen LogP contribution is -2.45. The van der Waals surface area contributed by atoms with Crippen molar-refractivity contribution < 1.29 is 9.53 Å². The Morgan fingerprint density at radius 3 is 2.28 bits per heavy atom. The molecule has 0 heterocycles. The van der Waals surface area contributed by atoms with Crippen LogP contribution >= 0.6 is 0 Å². The van der Waals surface area contributed by atoms with Crippen LogP contribution in [0, 0.1) is 0 Å². The highest BCUT2D eigenvalue weighted by molar-refractivity contribution is 5.98. The molecule has 0 aromatic heterocycles. The van der Waals surface area contributed by atoms with Crippen LogP contribution in [0.5, 0.6) is 0 Å². The maximum absolute atomic E-state index is 12.6. The van der Waals surface area contributed by atoms with Crippen molar-refractivity contribution in [3.8, 4) is 0 Å². The van der Waals surface area contributed by atoms with Gasteiger partial charge in [-0.05, 0) is 34.0 Å². The molecule has 0 radical (unpaired) electrons. The minimum Gasteiger partial charge on any atom is -0.376 e. The van der Waals surface area contributed by atoms with Gasteiger partial charge in [0.25, 0.3) is 5.91 Å². The van der Waals surface area contributed by atoms with E-state index in [2.05, 4.69) is 29.6 Å². The molecule has 1 aliphatic carbocycles. The first-order valence-electron chi connectivity index (χ1n) is 8.58. The molecule has 0 spiro atoms. The summed E-state index contributed by atoms with van der Waals surface area (Å²) in [6, 6.07) is 22.2. The van der Waals surface area contributed by atoms with E-state index in [4.69, 9.17) is 4.74 Å². The molecular formula is C22H21NO2. The third-order valence-electron chi connectivity index (χ3n) is 5.16. The fraction of sp³-hybridized carbons (Fsp3) is 0.227. The molecule has 4 rings (SSSR count). The van der Waals surface area contributed by atoms with Gasteiger partial charge in [0.2, 0.25) is 0 Å². The van der Waals surface area contributed by atoms with E-state index in [9.17, 15) is 4.79 Å². The highest BCUT2D eigenvalue weighted by Crippen LogP contribution is 2.32. The summed E-state index contributed by atoms with van der Waals surface area (Å²) in [7, 11) is 1.73. The summed E-state index contributed by atoms with van der Waals surface area (Å²) in [4.78, 5) is 12.6. The van der Waals surface area contributed by atoms with Gasteiger partial charge in [-0.25, -0.2) is 0 Å². The zero-order valence-electron chi connectivity index (χ0n) is 14.3. The lowest BCUT2D eigenvalue weighted by molar-refractivity contribution is 0.000178. The first-order chi connectivity index (χ1) is 12.2. The van der Waals surface area contributed by atoms with Gasteiger partial charge in [0.1, 0.15) is 0 Å². The van der Waals surface area contributed by atoms with Crippen molar-refractivity contribution in [2.45, 2.75) is 18.4 Å². The summed E-state index contributed by atoms with van der Waals surface area (Å²) in [6.07, 6.45) is 1.66. The molecule has 0 fully saturated rings. The average Bonchev–Trinajstić information content (AvgIpc) is 3.05. The predicted octanol–water partition coefficient (Wildman–Crippen LogP) is 3.75. The lowest BCUT2D eigenvalue weighted by atomic mass is 9.99. The van der Waals surface area contributed by atoms with Crippen LogP contribution in [0.25, 0.3) is 10.8 Å². The summed E-state index contributed by atoms with van der Waals surface area (Å²) < 4.78 is 5.82. The van der Waals surface area contributed by atoms with Crippen LogP contribution in [0.3, 0.4) is 0 Å². The van der Waals surface area contributed by atoms with Crippen molar-refractivity contribution in [1.82, 2.24) is 5.32 Å². The van der Waals surface area contributed by atoms with Gasteiger partial charge >= 0.3 is 0 Å². The van der Waals surface area contributed by atoms with E-state index in [-0.39, 0.29) is 11.5 Å². The zero-order valence-corrected chi connectivity index (χ0v) is 14.3. The highest BCUT2D eigenvalue weighted by Gasteiger charge is 2.37. The third-order valence-corrected chi connectivity index (χ3v) is 5.16. The number of benzene rings is 3. The van der Waals surface area contributed by atoms with Gasteiger partial charge < -0.3 is 10.1 Å². The Hall–Kier alpha value is -2.65. The number of nitrogens with one attached hydrogen (secondary N) is 1. The average molecular weight is 331 g/mol. The van der Waals surface area contributed by atoms with E-state index in [1.807, 2.05) is 42.5 Å². The van der Waals surface area contributed by atoms with Crippen LogP contribution < -0.4 is 5.32 Å². The largest absolute Gasteiger partial charge is 0.376 e. The Morgan fingerprint density at radius 1 is 0.960 bits per heavy atom. The van der Waals surface area contributed by atoms with Gasteiger partial charge in [-0.15, -0.1) is 0 Å². The van der Waals surface area contributed by atoms with Crippen molar-refractivity contribution in [1.29, 1.82) is 0 Å². The molecule has 1 N–H and O–H groups in total. The first kappa shape index (κ1) is 15.9. The number of carbonyl (C=O) groups is 1. The van der Waals surface area contributed by atoms with Gasteiger partial charge in [-0.3, -0.25) is 4.79 Å². The lowest BCUT2D eigenvalue weighted by Gasteiger charge is -2.27. The number of carbonyl (C=O) groups excluding carboxylic acids is 1. The SMILES string of the molecule is COC1(CNC(=O)c2ccc3ccccc3c2)Cc2ccccc2C1. The van der Waals surface area contributed by atoms with E-state index in [1.165, 1.54) is 11.1 Å². The van der Waals surface area contributed by atoms with Crippen LogP contribution in [0.15, 0.2) is 66.7 Å². The van der Waals surface area contributed by atoms with Crippen LogP contribution in [0.2, 0.25) is 0 Å². The molecule has 0 bridgehead atoms. The minimum absolute atomic E-state index is 0.0573. The number of amides is 1. The number of ether oxygens (including phenoxy) is 1. The topological polar surface area (TPSA) is 38.3 Å². The van der Waals surface area contributed by atoms with Crippen LogP contribution in [-0.4, -0.2) is 25.2 Å². The molecule has 126 valence electrons. The van der Waals surface area contributed by atoms with E-state index in [1.54, 1.807) is 7.11 Å². The summed E-state index contributed by atoms with van der Waals surface area (Å²) in [5.74, 6) is -0.0573. The number of rotatable bonds is 4. The summed E-state index contributed by atoms with van der Waals surface area (Å²) in [5, 5.41) is 5.28. The molecule has 3 aromatic carbocycles. The quantitative estimate of drug-likeness (QED) is 0.791. The Bertz CT molecular complexity index is 907. The fourth-order valence-corrected chi connectivity index (χ4v) is 3.67. The smallest absolute Gasteiger partial charge is 0.251 e. The number of hydrogen-bond acceptors (Lipinski definition) is 2. The highest BCUT2D eigenvalue weighted by atomic mass is 16.5.